The van der Waals surface area contributed by atoms with Crippen LogP contribution >= 0.6 is 11.8 Å². The Kier molecular flexibility index (Phi) is 5.48. The summed E-state index contributed by atoms with van der Waals surface area (Å²) in [7, 11) is 0. The molecule has 0 fully saturated rings. The van der Waals surface area contributed by atoms with Gasteiger partial charge in [-0.15, -0.1) is 11.8 Å². The maximum Gasteiger partial charge on any atom is 0.318 e. The normalized spacial score (nSPS) is 12.7. The maximum atomic E-state index is 13.0. The molecule has 31 heavy (non-hydrogen) atoms. The number of thioether (sulfide) groups is 1. The highest BCUT2D eigenvalue weighted by molar-refractivity contribution is 8.00. The molecule has 156 valence electrons. The van der Waals surface area contributed by atoms with E-state index in [1.165, 1.54) is 18.7 Å². The lowest BCUT2D eigenvalue weighted by Crippen LogP contribution is -2.42. The van der Waals surface area contributed by atoms with Crippen molar-refractivity contribution in [3.8, 4) is 11.1 Å². The number of nitrogens with one attached hydrogen (secondary N) is 1. The second-order valence-corrected chi connectivity index (χ2v) is 8.01. The Morgan fingerprint density at radius 2 is 1.68 bits per heavy atom. The number of hydrogen-bond donors (Lipinski definition) is 2. The lowest BCUT2D eigenvalue weighted by molar-refractivity contribution is -0.151. The summed E-state index contributed by atoms with van der Waals surface area (Å²) in [4.78, 5) is 48.4. The molecule has 1 aliphatic carbocycles. The summed E-state index contributed by atoms with van der Waals surface area (Å²) < 4.78 is 5.06. The quantitative estimate of drug-likeness (QED) is 0.368. The Labute approximate surface area is 181 Å². The Morgan fingerprint density at radius 1 is 0.968 bits per heavy atom. The summed E-state index contributed by atoms with van der Waals surface area (Å²) in [6, 6.07) is 15.9. The van der Waals surface area contributed by atoms with E-state index in [9.17, 15) is 19.2 Å². The van der Waals surface area contributed by atoms with E-state index in [1.807, 2.05) is 59.9 Å². The fourth-order valence-electron chi connectivity index (χ4n) is 3.62. The number of ether oxygens (including phenoxy) is 1. The fourth-order valence-corrected chi connectivity index (χ4v) is 4.46. The van der Waals surface area contributed by atoms with Gasteiger partial charge in [0.25, 0.3) is 5.91 Å². The molecule has 3 aromatic rings. The third-order valence-corrected chi connectivity index (χ3v) is 6.02. The highest BCUT2D eigenvalue weighted by atomic mass is 32.2. The van der Waals surface area contributed by atoms with Gasteiger partial charge in [-0.2, -0.15) is 0 Å². The summed E-state index contributed by atoms with van der Waals surface area (Å²) >= 11 is 1.25. The Balaban J connectivity index is 1.58. The highest BCUT2D eigenvalue weighted by Gasteiger charge is 2.26. The molecule has 7 nitrogen and oxygen atoms in total. The van der Waals surface area contributed by atoms with Crippen LogP contribution in [-0.2, 0) is 14.3 Å². The van der Waals surface area contributed by atoms with Crippen molar-refractivity contribution in [1.29, 1.82) is 0 Å². The third kappa shape index (κ3) is 3.89. The van der Waals surface area contributed by atoms with Crippen LogP contribution in [0.3, 0.4) is 0 Å². The lowest BCUT2D eigenvalue weighted by atomic mass is 9.83. The van der Waals surface area contributed by atoms with Gasteiger partial charge in [-0.05, 0) is 29.5 Å². The van der Waals surface area contributed by atoms with E-state index in [2.05, 4.69) is 0 Å². The van der Waals surface area contributed by atoms with E-state index in [0.29, 0.717) is 11.1 Å². The van der Waals surface area contributed by atoms with Crippen LogP contribution in [0.2, 0.25) is 0 Å². The number of fused-ring (bicyclic) bond motifs is 2. The number of carbonyl (C=O) groups excluding carboxylic acids is 4. The summed E-state index contributed by atoms with van der Waals surface area (Å²) in [5.41, 5.74) is 8.06. The molecule has 0 saturated carbocycles. The summed E-state index contributed by atoms with van der Waals surface area (Å²) in [6.45, 7) is 1.35. The SMILES string of the molecule is C[C@H](OC(=O)CSc1ccc2c3c(cccc13)C(=O)c1ccccc1-2)C(=O)NC(N)=O. The number of imide groups is 1. The molecule has 3 aromatic carbocycles. The number of urea groups is 1. The molecule has 0 aliphatic heterocycles. The molecular weight excluding hydrogens is 416 g/mol. The molecule has 0 saturated heterocycles. The maximum absolute atomic E-state index is 13.0. The van der Waals surface area contributed by atoms with Gasteiger partial charge in [0.1, 0.15) is 0 Å². The molecule has 0 unspecified atom stereocenters. The minimum absolute atomic E-state index is 0.0236. The molecule has 4 rings (SSSR count). The van der Waals surface area contributed by atoms with Crippen LogP contribution in [-0.4, -0.2) is 35.5 Å². The van der Waals surface area contributed by atoms with Crippen molar-refractivity contribution in [2.75, 3.05) is 5.75 Å². The first-order chi connectivity index (χ1) is 14.9. The van der Waals surface area contributed by atoms with E-state index in [-0.39, 0.29) is 11.5 Å². The monoisotopic (exact) mass is 434 g/mol. The standard InChI is InChI=1S/C23H18N2O5S/c1-12(22(28)25-23(24)29)30-19(26)11-31-18-10-9-14-13-5-2-3-6-15(13)21(27)17-8-4-7-16(18)20(14)17/h2-10,12H,11H2,1H3,(H3,24,25,28,29)/t12-/m0/s1. The summed E-state index contributed by atoms with van der Waals surface area (Å²) in [5.74, 6) is -1.47. The van der Waals surface area contributed by atoms with Gasteiger partial charge >= 0.3 is 12.0 Å². The number of rotatable bonds is 5. The topological polar surface area (TPSA) is 116 Å². The van der Waals surface area contributed by atoms with Crippen molar-refractivity contribution in [2.24, 2.45) is 5.73 Å². The van der Waals surface area contributed by atoms with E-state index in [4.69, 9.17) is 10.5 Å². The second-order valence-electron chi connectivity index (χ2n) is 6.99. The van der Waals surface area contributed by atoms with Gasteiger partial charge in [0, 0.05) is 21.4 Å². The fraction of sp³-hybridized carbons (Fsp3) is 0.130. The van der Waals surface area contributed by atoms with Crippen molar-refractivity contribution < 1.29 is 23.9 Å². The summed E-state index contributed by atoms with van der Waals surface area (Å²) in [6.07, 6.45) is -1.15. The zero-order chi connectivity index (χ0) is 22.1. The van der Waals surface area contributed by atoms with Crippen LogP contribution in [0.15, 0.2) is 59.5 Å². The van der Waals surface area contributed by atoms with E-state index < -0.39 is 24.0 Å². The van der Waals surface area contributed by atoms with Crippen LogP contribution in [0, 0.1) is 0 Å². The van der Waals surface area contributed by atoms with Crippen LogP contribution in [0.25, 0.3) is 21.9 Å². The zero-order valence-corrected chi connectivity index (χ0v) is 17.3. The first-order valence-corrected chi connectivity index (χ1v) is 10.5. The number of primary amides is 1. The predicted molar refractivity (Wildman–Crippen MR) is 117 cm³/mol. The molecule has 3 N–H and O–H groups in total. The van der Waals surface area contributed by atoms with Gasteiger partial charge < -0.3 is 10.5 Å². The molecule has 3 amide bonds. The summed E-state index contributed by atoms with van der Waals surface area (Å²) in [5, 5.41) is 3.60. The van der Waals surface area contributed by atoms with Gasteiger partial charge in [0.05, 0.1) is 5.75 Å². The minimum Gasteiger partial charge on any atom is -0.452 e. The zero-order valence-electron chi connectivity index (χ0n) is 16.5. The number of esters is 1. The molecule has 0 heterocycles. The van der Waals surface area contributed by atoms with Crippen LogP contribution in [0.4, 0.5) is 4.79 Å². The minimum atomic E-state index is -1.15. The average Bonchev–Trinajstić information content (AvgIpc) is 2.75. The van der Waals surface area contributed by atoms with Crippen LogP contribution < -0.4 is 11.1 Å². The van der Waals surface area contributed by atoms with E-state index in [1.54, 1.807) is 0 Å². The van der Waals surface area contributed by atoms with Gasteiger partial charge in [-0.1, -0.05) is 48.5 Å². The number of nitrogens with two attached hydrogens (primary N) is 1. The first kappa shape index (κ1) is 20.6. The van der Waals surface area contributed by atoms with Crippen molar-refractivity contribution in [2.45, 2.75) is 17.9 Å². The number of hydrogen-bond acceptors (Lipinski definition) is 6. The predicted octanol–water partition coefficient (Wildman–Crippen LogP) is 3.27. The smallest absolute Gasteiger partial charge is 0.318 e. The molecule has 0 aromatic heterocycles. The first-order valence-electron chi connectivity index (χ1n) is 9.49. The largest absolute Gasteiger partial charge is 0.452 e. The Morgan fingerprint density at radius 3 is 2.42 bits per heavy atom. The van der Waals surface area contributed by atoms with Crippen molar-refractivity contribution in [3.63, 3.8) is 0 Å². The Hall–Kier alpha value is -3.65. The number of carbonyl (C=O) groups is 4. The molecule has 1 aliphatic rings. The van der Waals surface area contributed by atoms with E-state index in [0.717, 1.165) is 26.8 Å². The van der Waals surface area contributed by atoms with Crippen LogP contribution in [0.1, 0.15) is 22.8 Å². The van der Waals surface area contributed by atoms with Gasteiger partial charge in [0.2, 0.25) is 0 Å². The lowest BCUT2D eigenvalue weighted by Gasteiger charge is -2.21. The molecular formula is C23H18N2O5S. The molecule has 0 bridgehead atoms. The number of benzene rings is 3. The average molecular weight is 434 g/mol. The van der Waals surface area contributed by atoms with Gasteiger partial charge in [-0.3, -0.25) is 19.7 Å². The van der Waals surface area contributed by atoms with Gasteiger partial charge in [-0.25, -0.2) is 4.79 Å². The van der Waals surface area contributed by atoms with Crippen molar-refractivity contribution in [1.82, 2.24) is 5.32 Å². The number of ketones is 1. The second kappa shape index (κ2) is 8.23. The molecule has 0 spiro atoms. The Bertz CT molecular complexity index is 1250. The third-order valence-electron chi connectivity index (χ3n) is 4.98. The van der Waals surface area contributed by atoms with Gasteiger partial charge in [0.15, 0.2) is 11.9 Å². The molecule has 0 radical (unpaired) electrons. The highest BCUT2D eigenvalue weighted by Crippen LogP contribution is 2.42. The van der Waals surface area contributed by atoms with Crippen molar-refractivity contribution in [3.05, 3.63) is 65.7 Å². The van der Waals surface area contributed by atoms with Crippen LogP contribution in [0.5, 0.6) is 0 Å². The van der Waals surface area contributed by atoms with Crippen molar-refractivity contribution >= 4 is 46.2 Å². The number of amides is 3. The molecule has 8 heteroatoms. The van der Waals surface area contributed by atoms with E-state index >= 15 is 0 Å². The molecule has 1 atom stereocenters.